The predicted octanol–water partition coefficient (Wildman–Crippen LogP) is 38.5. The zero-order valence-corrected chi connectivity index (χ0v) is 87.7. The molecule has 0 amide bonds. The summed E-state index contributed by atoms with van der Waals surface area (Å²) in [6.45, 7) is 41.6. The highest BCUT2D eigenvalue weighted by Crippen LogP contribution is 2.60. The summed E-state index contributed by atoms with van der Waals surface area (Å²) >= 11 is 3.67. The quantitative estimate of drug-likeness (QED) is 0.121. The van der Waals surface area contributed by atoms with Gasteiger partial charge in [0.2, 0.25) is 0 Å². The molecule has 0 spiro atoms. The molecule has 24 aromatic rings. The Morgan fingerprint density at radius 1 is 0.240 bits per heavy atom. The first kappa shape index (κ1) is 86.2. The highest BCUT2D eigenvalue weighted by Gasteiger charge is 2.48. The van der Waals surface area contributed by atoms with Crippen molar-refractivity contribution >= 4 is 186 Å². The van der Waals surface area contributed by atoms with Crippen molar-refractivity contribution in [2.45, 2.75) is 157 Å². The zero-order chi connectivity index (χ0) is 103. The topological polar surface area (TPSA) is 37.7 Å². The first-order valence-electron chi connectivity index (χ1n) is 53.4. The van der Waals surface area contributed by atoms with E-state index in [1.54, 1.807) is 0 Å². The van der Waals surface area contributed by atoms with Crippen LogP contribution in [0.5, 0.6) is 0 Å². The molecule has 0 fully saturated rings. The van der Waals surface area contributed by atoms with Gasteiger partial charge in [-0.05, 0) is 282 Å². The fourth-order valence-electron chi connectivity index (χ4n) is 23.4. The number of nitrogens with zero attached hydrogens (tertiary/aromatic N) is 3. The molecular weight excluding hydrogens is 1810 g/mol. The van der Waals surface area contributed by atoms with Crippen molar-refractivity contribution in [2.24, 2.45) is 0 Å². The highest BCUT2D eigenvalue weighted by atomic mass is 32.1. The lowest BCUT2D eigenvalue weighted by molar-refractivity contribution is 0.590. The van der Waals surface area contributed by atoms with E-state index < -0.39 is 17.5 Å². The van der Waals surface area contributed by atoms with Crippen LogP contribution >= 0.6 is 22.7 Å². The van der Waals surface area contributed by atoms with Crippen molar-refractivity contribution in [3.8, 4) is 94.7 Å². The molecule has 19 aromatic carbocycles. The molecule has 5 nitrogen and oxygen atoms in total. The number of hydrogen-bond acceptors (Lipinski definition) is 6. The second-order valence-electron chi connectivity index (χ2n) is 46.8. The van der Waals surface area contributed by atoms with Crippen molar-refractivity contribution in [2.75, 3.05) is 9.80 Å². The van der Waals surface area contributed by atoms with Crippen LogP contribution in [0.2, 0.25) is 0 Å². The lowest BCUT2D eigenvalue weighted by Crippen LogP contribution is -2.61. The maximum atomic E-state index is 10.3. The SMILES string of the molecule is [2H]c1c([2H])c([2H])c2c(oc3cccc(-c4cc(C(C)(C)C)cc(-c5cccc6sc7ccccc7c56)c4N4c5ccc(-c6cc(-c7ccccc7)cc(C(C)(C)C)c6)cc5B5c6ccc(-c7cc(-c8ccccc8)cc(C(C)(C)C)c7)cc6N(c6c(-c7cccc8oc9ccccc9c78)cc(C(C)(C)C)cc6-c6cccc7sc8ccccc8c67)c6cc(-n7c8ccc(C(C)(C)C)cc8c8cc(C(C)(C)C)ccc87)cc4c65)c32)c1[2H]. The number of rotatable bonds is 11. The van der Waals surface area contributed by atoms with E-state index in [1.807, 2.05) is 28.7 Å². The molecule has 0 radical (unpaired) electrons. The number of anilines is 6. The van der Waals surface area contributed by atoms with Crippen molar-refractivity contribution < 1.29 is 14.3 Å². The maximum absolute atomic E-state index is 10.3. The van der Waals surface area contributed by atoms with Crippen LogP contribution in [0.3, 0.4) is 0 Å². The molecule has 0 bridgehead atoms. The molecule has 0 unspecified atom stereocenters. The molecule has 2 aliphatic rings. The van der Waals surface area contributed by atoms with Crippen molar-refractivity contribution in [1.29, 1.82) is 0 Å². The van der Waals surface area contributed by atoms with Gasteiger partial charge in [-0.3, -0.25) is 0 Å². The molecule has 2 aliphatic heterocycles. The summed E-state index contributed by atoms with van der Waals surface area (Å²) in [6, 6.07) is 133. The van der Waals surface area contributed by atoms with Crippen LogP contribution in [0.15, 0.2) is 385 Å². The Labute approximate surface area is 869 Å². The molecule has 710 valence electrons. The van der Waals surface area contributed by atoms with Crippen LogP contribution in [0.4, 0.5) is 34.1 Å². The summed E-state index contributed by atoms with van der Waals surface area (Å²) in [5.41, 5.74) is 36.1. The molecule has 5 aromatic heterocycles. The average Bonchev–Trinajstić information content (AvgIpc) is 1.14. The molecule has 26 rings (SSSR count). The normalized spacial score (nSPS) is 13.6. The molecule has 0 N–H and O–H groups in total. The van der Waals surface area contributed by atoms with Crippen molar-refractivity contribution in [3.05, 3.63) is 409 Å². The van der Waals surface area contributed by atoms with E-state index in [1.165, 1.54) is 52.7 Å². The Kier molecular flexibility index (Phi) is 19.5. The largest absolute Gasteiger partial charge is 0.456 e. The van der Waals surface area contributed by atoms with E-state index in [4.69, 9.17) is 8.83 Å². The van der Waals surface area contributed by atoms with Gasteiger partial charge in [-0.2, -0.15) is 0 Å². The van der Waals surface area contributed by atoms with Gasteiger partial charge >= 0.3 is 0 Å². The Bertz CT molecular complexity index is 9650. The van der Waals surface area contributed by atoms with Crippen LogP contribution in [-0.4, -0.2) is 11.3 Å². The van der Waals surface area contributed by atoms with E-state index in [0.717, 1.165) is 210 Å². The number of aromatic nitrogens is 1. The number of benzene rings is 19. The van der Waals surface area contributed by atoms with Gasteiger partial charge in [0.05, 0.1) is 33.6 Å². The summed E-state index contributed by atoms with van der Waals surface area (Å²) in [5, 5.41) is 9.92. The fourth-order valence-corrected chi connectivity index (χ4v) is 25.7. The minimum absolute atomic E-state index is 0.101. The summed E-state index contributed by atoms with van der Waals surface area (Å²) in [7, 11) is 0. The van der Waals surface area contributed by atoms with Gasteiger partial charge in [0.25, 0.3) is 6.71 Å². The first-order chi connectivity index (χ1) is 71.8. The second-order valence-corrected chi connectivity index (χ2v) is 49.0. The molecule has 0 saturated heterocycles. The lowest BCUT2D eigenvalue weighted by atomic mass is 9.33. The van der Waals surface area contributed by atoms with Gasteiger partial charge in [-0.1, -0.05) is 367 Å². The molecule has 0 saturated carbocycles. The van der Waals surface area contributed by atoms with Gasteiger partial charge in [-0.25, -0.2) is 0 Å². The third kappa shape index (κ3) is 14.8. The molecule has 7 heterocycles. The van der Waals surface area contributed by atoms with Gasteiger partial charge in [0.15, 0.2) is 0 Å². The summed E-state index contributed by atoms with van der Waals surface area (Å²) < 4.78 is 60.7. The molecule has 8 heteroatoms. The third-order valence-corrected chi connectivity index (χ3v) is 33.5. The van der Waals surface area contributed by atoms with E-state index in [9.17, 15) is 5.48 Å². The standard InChI is InChI=1S/C138H116BN3O2S2/c1-133(2,3)89-59-63-112-104(73-89)105-74-90(134(4,5)6)60-64-113(105)140(112)95-79-116-130-117(80-95)142(132-107(97-46-34-52-121-127(97)101-42-26-30-50-119(101)144-121)76-94(138(16,17)18)78-109(132)99-48-36-56-125-129(99)103-44-28-32-54-123(103)146-125)115-72-84(88-66-86(82-39-23-20-24-40-82)68-92(70-88)136(10,11)12)57-61-110(115)139(130)111-71-83(87-65-85(81-37-21-19-22-38-81)67-91(69-87)135(7,8)9)58-62-114(111)141(116)131-106(96-45-33-51-120-126(96)100-41-25-29-49-118(100)143-120)75-93(137(13,14)15)77-108(131)98-47-35-55-124-128(98)102-43-27-31-53-122(102)145-124/h19-80H,1-18H3/i25D,29D,41D,49D. The average molecular weight is 1930 g/mol. The Morgan fingerprint density at radius 3 is 1.11 bits per heavy atom. The van der Waals surface area contributed by atoms with E-state index in [0.29, 0.717) is 16.4 Å². The summed E-state index contributed by atoms with van der Waals surface area (Å²) in [5.74, 6) is 0. The molecule has 146 heavy (non-hydrogen) atoms. The number of furan rings is 2. The second kappa shape index (κ2) is 33.1. The van der Waals surface area contributed by atoms with Crippen LogP contribution in [0, 0.1) is 0 Å². The number of fused-ring (bicyclic) bond motifs is 19. The van der Waals surface area contributed by atoms with E-state index >= 15 is 0 Å². The van der Waals surface area contributed by atoms with Gasteiger partial charge in [0.1, 0.15) is 22.3 Å². The van der Waals surface area contributed by atoms with Crippen molar-refractivity contribution in [1.82, 2.24) is 4.57 Å². The van der Waals surface area contributed by atoms with Crippen LogP contribution in [-0.2, 0) is 32.5 Å². The Hall–Kier alpha value is -15.3. The van der Waals surface area contributed by atoms with Gasteiger partial charge in [-0.15, -0.1) is 22.7 Å². The Morgan fingerprint density at radius 2 is 0.623 bits per heavy atom. The first-order valence-corrected chi connectivity index (χ1v) is 53.1. The van der Waals surface area contributed by atoms with Gasteiger partial charge < -0.3 is 23.2 Å². The summed E-state index contributed by atoms with van der Waals surface area (Å²) in [4.78, 5) is 5.46. The minimum Gasteiger partial charge on any atom is -0.456 e. The molecule has 0 aliphatic carbocycles. The predicted molar refractivity (Wildman–Crippen MR) is 631 cm³/mol. The molecular formula is C138H116BN3O2S2. The smallest absolute Gasteiger partial charge is 0.252 e. The fraction of sp³-hybridized carbons (Fsp3) is 0.174. The molecule has 0 atom stereocenters. The number of thiophene rings is 2. The monoisotopic (exact) mass is 1930 g/mol. The number of hydrogen-bond donors (Lipinski definition) is 0. The van der Waals surface area contributed by atoms with E-state index in [-0.39, 0.29) is 51.4 Å². The van der Waals surface area contributed by atoms with Crippen LogP contribution in [0.1, 0.15) is 163 Å². The Balaban J connectivity index is 0.917. The highest BCUT2D eigenvalue weighted by molar-refractivity contribution is 7.26. The lowest BCUT2D eigenvalue weighted by Gasteiger charge is -2.46. The number of para-hydroxylation sites is 2. The minimum atomic E-state index is -0.550. The van der Waals surface area contributed by atoms with Crippen LogP contribution in [0.25, 0.3) is 201 Å². The van der Waals surface area contributed by atoms with Crippen molar-refractivity contribution in [3.63, 3.8) is 0 Å². The summed E-state index contributed by atoms with van der Waals surface area (Å²) in [6.07, 6.45) is 0. The maximum Gasteiger partial charge on any atom is 0.252 e. The third-order valence-electron chi connectivity index (χ3n) is 31.2. The van der Waals surface area contributed by atoms with Gasteiger partial charge in [0, 0.05) is 118 Å². The van der Waals surface area contributed by atoms with E-state index in [2.05, 4.69) is 485 Å². The van der Waals surface area contributed by atoms with Crippen LogP contribution < -0.4 is 26.2 Å². The zero-order valence-electron chi connectivity index (χ0n) is 90.0.